The molecule has 28 nitrogen and oxygen atoms in total. The average molecular weight is 1530 g/mol. The number of hydrogen-bond acceptors (Lipinski definition) is 19. The number of carbonyl (C=O) groups excluding carboxylic acids is 3. The van der Waals surface area contributed by atoms with Gasteiger partial charge in [-0.3, -0.25) is 37.8 Å². The van der Waals surface area contributed by atoms with Crippen LogP contribution in [0, 0.1) is 0 Å². The minimum Gasteiger partial charge on any atom is -0.488 e. The van der Waals surface area contributed by atoms with Crippen LogP contribution in [0.3, 0.4) is 0 Å². The minimum atomic E-state index is -5.82. The number of aromatic amines is 1. The number of para-hydroxylation sites is 2. The summed E-state index contributed by atoms with van der Waals surface area (Å²) in [5, 5.41) is 2.61. The monoisotopic (exact) mass is 1530 g/mol. The smallest absolute Gasteiger partial charge is 0.488 e. The molecule has 8 rings (SSSR count). The van der Waals surface area contributed by atoms with Crippen molar-refractivity contribution >= 4 is 79.9 Å². The maximum Gasteiger partial charge on any atom is 0.490 e. The Kier molecular flexibility index (Phi) is 30.0. The Morgan fingerprint density at radius 3 is 2.21 bits per heavy atom. The first-order valence-electron chi connectivity index (χ1n) is 34.5. The molecule has 3 aliphatic rings. The lowest BCUT2D eigenvalue weighted by Gasteiger charge is -2.27. The molecule has 1 fully saturated rings. The fourth-order valence-electron chi connectivity index (χ4n) is 12.6. The number of nitrogens with one attached hydrogen (secondary N) is 2. The maximum absolute atomic E-state index is 13.3. The number of benzene rings is 4. The van der Waals surface area contributed by atoms with Crippen molar-refractivity contribution in [2.45, 2.75) is 158 Å². The van der Waals surface area contributed by atoms with Crippen LogP contribution in [0.15, 0.2) is 173 Å². The summed E-state index contributed by atoms with van der Waals surface area (Å²) in [6, 6.07) is 30.2. The van der Waals surface area contributed by atoms with Crippen molar-refractivity contribution in [2.75, 3.05) is 51.0 Å². The van der Waals surface area contributed by atoms with Crippen LogP contribution in [0.25, 0.3) is 6.08 Å². The molecule has 3 aliphatic heterocycles. The number of H-pyrrole nitrogens is 1. The number of amides is 1. The van der Waals surface area contributed by atoms with Gasteiger partial charge >= 0.3 is 29.2 Å². The summed E-state index contributed by atoms with van der Waals surface area (Å²) in [7, 11) is -21.5. The predicted octanol–water partition coefficient (Wildman–Crippen LogP) is 12.2. The highest BCUT2D eigenvalue weighted by atomic mass is 32.2. The molecule has 1 amide bonds. The molecule has 4 aromatic carbocycles. The molecule has 0 aliphatic carbocycles. The standard InChI is InChI=1S/C73H92N5O23P3S/c1-7-9-23-44-94-63-47-68(99-64(63)49-98-103(87,88)101-104(89,90)100-102(84,85)86)77-48-53(70(82)75-71(77)83)28-26-41-74-67(81)50-97-69(95-43-8-2)51-96-56-33-24-27-52(45-56)62(80)36-19-12-10-11-17-31-55(79)32-18-14-22-42-76-60-40-39-57(105(91,92)93)46-59(60)73(5,6)65(76)37-25-38-66-72(3,4)58-34-20-21-35-61(58)78(66)54-29-15-13-16-30-54/h7-8,13,15-16,20-21,24-30,33-35,37-40,45-46,48,63-64,68-69H,1-2,9-12,14,17-19,22-23,31-32,36,41-44,47,49-51H2,3-6H3,(H6-,74,75,81,82,83,84,85,86,87,88,89,90,91,92,93)/p+1/b28-26+/t63?,64-,68-,69?/m1/s1. The van der Waals surface area contributed by atoms with Gasteiger partial charge in [0.15, 0.2) is 17.8 Å². The number of unbranched alkanes of at least 4 members (excludes halogenated alkanes) is 7. The van der Waals surface area contributed by atoms with Crippen molar-refractivity contribution in [1.29, 1.82) is 0 Å². The van der Waals surface area contributed by atoms with E-state index >= 15 is 0 Å². The second kappa shape index (κ2) is 37.8. The number of anilines is 2. The van der Waals surface area contributed by atoms with Gasteiger partial charge in [0, 0.05) is 97.2 Å². The number of nitrogens with zero attached hydrogens (tertiary/aromatic N) is 3. The van der Waals surface area contributed by atoms with Crippen molar-refractivity contribution in [3.05, 3.63) is 202 Å². The number of rotatable bonds is 44. The van der Waals surface area contributed by atoms with Crippen LogP contribution >= 0.6 is 23.5 Å². The third-order valence-electron chi connectivity index (χ3n) is 17.8. The summed E-state index contributed by atoms with van der Waals surface area (Å²) in [4.78, 5) is 107. The van der Waals surface area contributed by atoms with Gasteiger partial charge in [0.05, 0.1) is 35.2 Å². The Balaban J connectivity index is 0.738. The van der Waals surface area contributed by atoms with E-state index in [1.54, 1.807) is 42.5 Å². The van der Waals surface area contributed by atoms with Crippen molar-refractivity contribution in [3.8, 4) is 5.75 Å². The molecule has 0 radical (unpaired) electrons. The average Bonchev–Trinajstić information content (AvgIpc) is 1.60. The molecule has 4 unspecified atom stereocenters. The van der Waals surface area contributed by atoms with Gasteiger partial charge in [-0.2, -0.15) is 21.6 Å². The molecular formula is C73H93N5O23P3S+. The second-order valence-corrected chi connectivity index (χ2v) is 32.2. The van der Waals surface area contributed by atoms with Crippen LogP contribution in [-0.2, 0) is 76.3 Å². The Morgan fingerprint density at radius 2 is 1.50 bits per heavy atom. The molecule has 1 saturated heterocycles. The van der Waals surface area contributed by atoms with Crippen molar-refractivity contribution in [1.82, 2.24) is 14.9 Å². The van der Waals surface area contributed by atoms with Gasteiger partial charge in [-0.15, -0.1) is 13.2 Å². The van der Waals surface area contributed by atoms with Crippen molar-refractivity contribution in [3.63, 3.8) is 0 Å². The van der Waals surface area contributed by atoms with Gasteiger partial charge in [0.1, 0.15) is 43.6 Å². The molecule has 105 heavy (non-hydrogen) atoms. The van der Waals surface area contributed by atoms with Crippen LogP contribution in [0.2, 0.25) is 0 Å². The van der Waals surface area contributed by atoms with E-state index in [4.69, 9.17) is 38.0 Å². The Hall–Kier alpha value is -7.50. The van der Waals surface area contributed by atoms with E-state index < -0.39 is 94.1 Å². The number of phosphoric acid groups is 3. The summed E-state index contributed by atoms with van der Waals surface area (Å²) in [6.07, 6.45) is 17.5. The van der Waals surface area contributed by atoms with E-state index in [9.17, 15) is 60.4 Å². The molecule has 4 heterocycles. The SMILES string of the molecule is C=CCCCOC1C[C@H](n2cc(/C=C/CNC(=O)COC(COc3cccc(C(=O)CCCCCCCC(=O)CCCCC[N+]4=C(C=CC=C5N(c6ccccc6)c6ccccc6C5(C)C)C(C)(C)c5cc(S(=O)(=O)O)ccc54)c3)OCC=C)c(=O)[nH]c2=O)O[C@@H]1COP(=O)(O)OP(=O)(O)OP(=O)(O)O. The van der Waals surface area contributed by atoms with Gasteiger partial charge in [-0.05, 0) is 106 Å². The van der Waals surface area contributed by atoms with E-state index in [1.807, 2.05) is 18.2 Å². The molecule has 568 valence electrons. The molecular weight excluding hydrogens is 1440 g/mol. The fraction of sp³-hybridized carbons (Fsp3) is 0.425. The third-order valence-corrected chi connectivity index (χ3v) is 22.5. The number of ether oxygens (including phenoxy) is 5. The summed E-state index contributed by atoms with van der Waals surface area (Å²) in [5.41, 5.74) is 4.94. The number of carbonyl (C=O) groups is 3. The lowest BCUT2D eigenvalue weighted by molar-refractivity contribution is -0.438. The number of fused-ring (bicyclic) bond motifs is 2. The van der Waals surface area contributed by atoms with Crippen LogP contribution < -0.4 is 26.2 Å². The highest BCUT2D eigenvalue weighted by Crippen LogP contribution is 2.66. The zero-order chi connectivity index (χ0) is 76.2. The fourth-order valence-corrected chi connectivity index (χ4v) is 16.2. The topological polar surface area (TPSA) is 385 Å². The van der Waals surface area contributed by atoms with E-state index in [0.717, 1.165) is 83.5 Å². The van der Waals surface area contributed by atoms with Crippen molar-refractivity contribution < 1.29 is 102 Å². The molecule has 5 aromatic rings. The lowest BCUT2D eigenvalue weighted by Crippen LogP contribution is -2.34. The lowest BCUT2D eigenvalue weighted by atomic mass is 9.81. The van der Waals surface area contributed by atoms with Crippen LogP contribution in [0.1, 0.15) is 151 Å². The van der Waals surface area contributed by atoms with Gasteiger partial charge in [0.2, 0.25) is 11.6 Å². The molecule has 6 atom stereocenters. The highest BCUT2D eigenvalue weighted by Gasteiger charge is 2.47. The van der Waals surface area contributed by atoms with E-state index in [1.165, 1.54) is 36.1 Å². The Morgan fingerprint density at radius 1 is 0.790 bits per heavy atom. The van der Waals surface area contributed by atoms with Crippen LogP contribution in [-0.4, -0.2) is 134 Å². The molecule has 0 bridgehead atoms. The molecule has 0 spiro atoms. The number of phosphoric ester groups is 1. The second-order valence-electron chi connectivity index (χ2n) is 26.3. The summed E-state index contributed by atoms with van der Waals surface area (Å²) < 4.78 is 115. The van der Waals surface area contributed by atoms with Crippen molar-refractivity contribution in [2.24, 2.45) is 0 Å². The number of hydrogen-bond donors (Lipinski definition) is 7. The van der Waals surface area contributed by atoms with Gasteiger partial charge in [0.25, 0.3) is 15.7 Å². The Labute approximate surface area is 610 Å². The predicted molar refractivity (Wildman–Crippen MR) is 393 cm³/mol. The summed E-state index contributed by atoms with van der Waals surface area (Å²) >= 11 is 0. The number of Topliss-reactive ketones (excluding diaryl/α,β-unsaturated/α-hetero) is 2. The normalized spacial score (nSPS) is 18.8. The van der Waals surface area contributed by atoms with E-state index in [0.29, 0.717) is 56.4 Å². The molecule has 0 saturated carbocycles. The Bertz CT molecular complexity index is 4430. The van der Waals surface area contributed by atoms with E-state index in [2.05, 4.69) is 124 Å². The number of ketones is 2. The molecule has 1 aromatic heterocycles. The summed E-state index contributed by atoms with van der Waals surface area (Å²) in [6.45, 7) is 15.1. The van der Waals surface area contributed by atoms with Gasteiger partial charge in [-0.25, -0.2) is 18.5 Å². The quantitative estimate of drug-likeness (QED) is 0.00362. The third kappa shape index (κ3) is 24.0. The van der Waals surface area contributed by atoms with E-state index in [-0.39, 0.29) is 60.2 Å². The van der Waals surface area contributed by atoms with Gasteiger partial charge in [-0.1, -0.05) is 112 Å². The minimum absolute atomic E-state index is 0.0533. The maximum atomic E-state index is 13.3. The zero-order valence-electron chi connectivity index (χ0n) is 59.1. The zero-order valence-corrected chi connectivity index (χ0v) is 62.6. The number of allylic oxidation sites excluding steroid dienone is 5. The van der Waals surface area contributed by atoms with Crippen LogP contribution in [0.5, 0.6) is 5.75 Å². The molecule has 7 N–H and O–H groups in total. The first-order valence-corrected chi connectivity index (χ1v) is 40.4. The first-order chi connectivity index (χ1) is 49.8. The van der Waals surface area contributed by atoms with Crippen LogP contribution in [0.4, 0.5) is 17.1 Å². The van der Waals surface area contributed by atoms with Gasteiger partial charge < -0.3 is 53.5 Å². The largest absolute Gasteiger partial charge is 0.490 e. The highest BCUT2D eigenvalue weighted by molar-refractivity contribution is 7.85. The number of aromatic nitrogens is 2. The summed E-state index contributed by atoms with van der Waals surface area (Å²) in [5.74, 6) is -0.0610. The molecule has 32 heteroatoms. The first kappa shape index (κ1) is 83.1.